The Labute approximate surface area is 156 Å². The van der Waals surface area contributed by atoms with Crippen LogP contribution in [0.3, 0.4) is 0 Å². The molecule has 0 aliphatic carbocycles. The summed E-state index contributed by atoms with van der Waals surface area (Å²) in [6.07, 6.45) is 2.61. The van der Waals surface area contributed by atoms with E-state index in [0.29, 0.717) is 6.54 Å². The summed E-state index contributed by atoms with van der Waals surface area (Å²) in [4.78, 5) is 2.22. The average molecular weight is 404 g/mol. The third kappa shape index (κ3) is 5.33. The van der Waals surface area contributed by atoms with E-state index in [1.165, 1.54) is 5.57 Å². The number of hydrogen-bond acceptors (Lipinski definition) is 4. The molecule has 4 nitrogen and oxygen atoms in total. The smallest absolute Gasteiger partial charge is 0.119 e. The monoisotopic (exact) mass is 403 g/mol. The number of aromatic hydroxyl groups is 1. The lowest BCUT2D eigenvalue weighted by Gasteiger charge is -2.28. The molecule has 0 bridgehead atoms. The zero-order valence-electron chi connectivity index (χ0n) is 13.9. The predicted molar refractivity (Wildman–Crippen MR) is 103 cm³/mol. The highest BCUT2D eigenvalue weighted by Crippen LogP contribution is 2.24. The number of ether oxygens (including phenoxy) is 1. The van der Waals surface area contributed by atoms with E-state index in [0.717, 1.165) is 35.3 Å². The zero-order valence-corrected chi connectivity index (χ0v) is 15.5. The minimum absolute atomic E-state index is 0.284. The van der Waals surface area contributed by atoms with E-state index in [9.17, 15) is 10.2 Å². The number of aliphatic hydroxyl groups excluding tert-OH is 1. The maximum Gasteiger partial charge on any atom is 0.119 e. The first kappa shape index (κ1) is 18.0. The number of aliphatic hydroxyl groups is 1. The molecular formula is C20H22BrNO3. The first-order valence-electron chi connectivity index (χ1n) is 8.37. The molecule has 1 aliphatic heterocycles. The summed E-state index contributed by atoms with van der Waals surface area (Å²) in [6.45, 7) is 2.59. The van der Waals surface area contributed by atoms with Gasteiger partial charge in [-0.05, 0) is 54.0 Å². The Bertz CT molecular complexity index is 713. The summed E-state index contributed by atoms with van der Waals surface area (Å²) in [7, 11) is 0. The van der Waals surface area contributed by atoms with Crippen molar-refractivity contribution in [1.82, 2.24) is 4.90 Å². The number of benzene rings is 2. The molecule has 3 rings (SSSR count). The second kappa shape index (κ2) is 8.52. The van der Waals surface area contributed by atoms with Gasteiger partial charge in [-0.1, -0.05) is 34.1 Å². The Kier molecular flexibility index (Phi) is 6.13. The Morgan fingerprint density at radius 2 is 1.80 bits per heavy atom. The minimum Gasteiger partial charge on any atom is -0.508 e. The van der Waals surface area contributed by atoms with Gasteiger partial charge in [0.1, 0.15) is 24.2 Å². The Hall–Kier alpha value is -1.82. The largest absolute Gasteiger partial charge is 0.508 e. The van der Waals surface area contributed by atoms with Crippen LogP contribution in [0.25, 0.3) is 5.57 Å². The fraction of sp³-hybridized carbons (Fsp3) is 0.300. The molecule has 5 heteroatoms. The number of β-amino-alcohol motifs (C(OH)–C–C–N with tert-alkyl or cyclic N) is 1. The van der Waals surface area contributed by atoms with Crippen molar-refractivity contribution in [2.24, 2.45) is 0 Å². The van der Waals surface area contributed by atoms with Crippen molar-refractivity contribution in [3.63, 3.8) is 0 Å². The summed E-state index contributed by atoms with van der Waals surface area (Å²) < 4.78 is 6.63. The lowest BCUT2D eigenvalue weighted by atomic mass is 9.99. The molecule has 0 amide bonds. The first-order chi connectivity index (χ1) is 12.1. The van der Waals surface area contributed by atoms with E-state index in [1.54, 1.807) is 12.1 Å². The summed E-state index contributed by atoms with van der Waals surface area (Å²) in [5, 5.41) is 19.6. The molecule has 1 unspecified atom stereocenters. The molecule has 2 N–H and O–H groups in total. The molecule has 0 saturated carbocycles. The fourth-order valence-corrected chi connectivity index (χ4v) is 3.15. The lowest BCUT2D eigenvalue weighted by Crippen LogP contribution is -2.38. The average Bonchev–Trinajstić information content (AvgIpc) is 2.63. The third-order valence-corrected chi connectivity index (χ3v) is 4.78. The number of nitrogens with zero attached hydrogens (tertiary/aromatic N) is 1. The highest BCUT2D eigenvalue weighted by molar-refractivity contribution is 9.10. The van der Waals surface area contributed by atoms with Gasteiger partial charge in [-0.15, -0.1) is 0 Å². The Balaban J connectivity index is 1.46. The van der Waals surface area contributed by atoms with Crippen molar-refractivity contribution in [2.75, 3.05) is 26.2 Å². The van der Waals surface area contributed by atoms with Crippen molar-refractivity contribution < 1.29 is 14.9 Å². The van der Waals surface area contributed by atoms with Crippen LogP contribution < -0.4 is 4.74 Å². The third-order valence-electron chi connectivity index (χ3n) is 4.26. The highest BCUT2D eigenvalue weighted by atomic mass is 79.9. The standard InChI is InChI=1S/C20H22BrNO3/c21-17-3-7-20(8-4-17)25-14-19(24)13-22-11-9-16(10-12-22)15-1-5-18(23)6-2-15/h1-9,19,23-24H,10-14H2. The lowest BCUT2D eigenvalue weighted by molar-refractivity contribution is 0.0717. The first-order valence-corrected chi connectivity index (χ1v) is 9.16. The van der Waals surface area contributed by atoms with Gasteiger partial charge in [-0.3, -0.25) is 4.90 Å². The van der Waals surface area contributed by atoms with E-state index in [1.807, 2.05) is 36.4 Å². The Morgan fingerprint density at radius 1 is 1.08 bits per heavy atom. The molecule has 2 aromatic rings. The van der Waals surface area contributed by atoms with Gasteiger partial charge in [0, 0.05) is 24.1 Å². The van der Waals surface area contributed by atoms with Gasteiger partial charge in [0.15, 0.2) is 0 Å². The quantitative estimate of drug-likeness (QED) is 0.772. The van der Waals surface area contributed by atoms with Gasteiger partial charge in [0.05, 0.1) is 0 Å². The van der Waals surface area contributed by atoms with Crippen molar-refractivity contribution in [3.05, 3.63) is 64.6 Å². The van der Waals surface area contributed by atoms with Crippen molar-refractivity contribution in [2.45, 2.75) is 12.5 Å². The normalized spacial score (nSPS) is 16.3. The molecule has 1 atom stereocenters. The molecule has 0 spiro atoms. The van der Waals surface area contributed by atoms with Gasteiger partial charge in [0.2, 0.25) is 0 Å². The van der Waals surface area contributed by atoms with Crippen LogP contribution in [-0.4, -0.2) is 47.5 Å². The van der Waals surface area contributed by atoms with Gasteiger partial charge >= 0.3 is 0 Å². The molecule has 0 fully saturated rings. The summed E-state index contributed by atoms with van der Waals surface area (Å²) in [5.74, 6) is 1.05. The maximum absolute atomic E-state index is 10.2. The van der Waals surface area contributed by atoms with Crippen molar-refractivity contribution in [3.8, 4) is 11.5 Å². The highest BCUT2D eigenvalue weighted by Gasteiger charge is 2.16. The SMILES string of the molecule is Oc1ccc(C2=CCN(CC(O)COc3ccc(Br)cc3)CC2)cc1. The molecule has 2 aromatic carbocycles. The van der Waals surface area contributed by atoms with Crippen LogP contribution in [0.1, 0.15) is 12.0 Å². The van der Waals surface area contributed by atoms with Crippen molar-refractivity contribution in [1.29, 1.82) is 0 Å². The summed E-state index contributed by atoms with van der Waals surface area (Å²) in [6, 6.07) is 14.9. The minimum atomic E-state index is -0.521. The van der Waals surface area contributed by atoms with Crippen LogP contribution in [0.4, 0.5) is 0 Å². The second-order valence-corrected chi connectivity index (χ2v) is 7.12. The molecular weight excluding hydrogens is 382 g/mol. The molecule has 25 heavy (non-hydrogen) atoms. The van der Waals surface area contributed by atoms with Gasteiger partial charge in [-0.25, -0.2) is 0 Å². The fourth-order valence-electron chi connectivity index (χ4n) is 2.89. The van der Waals surface area contributed by atoms with E-state index in [-0.39, 0.29) is 12.4 Å². The summed E-state index contributed by atoms with van der Waals surface area (Å²) >= 11 is 3.39. The van der Waals surface area contributed by atoms with Gasteiger partial charge < -0.3 is 14.9 Å². The predicted octanol–water partition coefficient (Wildman–Crippen LogP) is 3.68. The second-order valence-electron chi connectivity index (χ2n) is 6.20. The van der Waals surface area contributed by atoms with E-state index >= 15 is 0 Å². The molecule has 0 radical (unpaired) electrons. The number of halogens is 1. The zero-order chi connectivity index (χ0) is 17.6. The van der Waals surface area contributed by atoms with E-state index in [4.69, 9.17) is 4.74 Å². The number of phenolic OH excluding ortho intramolecular Hbond substituents is 1. The number of phenols is 1. The number of rotatable bonds is 6. The van der Waals surface area contributed by atoms with Crippen LogP contribution in [0.2, 0.25) is 0 Å². The van der Waals surface area contributed by atoms with Crippen molar-refractivity contribution >= 4 is 21.5 Å². The molecule has 0 saturated heterocycles. The molecule has 1 aliphatic rings. The van der Waals surface area contributed by atoms with Gasteiger partial charge in [0.25, 0.3) is 0 Å². The maximum atomic E-state index is 10.2. The van der Waals surface area contributed by atoms with Crippen LogP contribution in [0, 0.1) is 0 Å². The number of hydrogen-bond donors (Lipinski definition) is 2. The molecule has 1 heterocycles. The van der Waals surface area contributed by atoms with Crippen LogP contribution in [0.15, 0.2) is 59.1 Å². The Morgan fingerprint density at radius 3 is 2.44 bits per heavy atom. The molecule has 0 aromatic heterocycles. The van der Waals surface area contributed by atoms with Crippen LogP contribution in [-0.2, 0) is 0 Å². The topological polar surface area (TPSA) is 52.9 Å². The van der Waals surface area contributed by atoms with Crippen LogP contribution in [0.5, 0.6) is 11.5 Å². The summed E-state index contributed by atoms with van der Waals surface area (Å²) in [5.41, 5.74) is 2.44. The van der Waals surface area contributed by atoms with Gasteiger partial charge in [-0.2, -0.15) is 0 Å². The van der Waals surface area contributed by atoms with Crippen LogP contribution >= 0.6 is 15.9 Å². The van der Waals surface area contributed by atoms with E-state index in [2.05, 4.69) is 26.9 Å². The molecule has 132 valence electrons. The van der Waals surface area contributed by atoms with E-state index < -0.39 is 6.10 Å².